The van der Waals surface area contributed by atoms with Crippen molar-refractivity contribution >= 4 is 32.8 Å². The zero-order valence-corrected chi connectivity index (χ0v) is 17.1. The van der Waals surface area contributed by atoms with E-state index in [4.69, 9.17) is 4.74 Å². The Morgan fingerprint density at radius 3 is 2.57 bits per heavy atom. The largest absolute Gasteiger partial charge is 0.497 e. The first-order valence-electron chi connectivity index (χ1n) is 8.77. The normalized spacial score (nSPS) is 16.4. The third-order valence-corrected chi connectivity index (χ3v) is 7.88. The molecular formula is C21H19NO4S2. The van der Waals surface area contributed by atoms with Crippen molar-refractivity contribution in [2.75, 3.05) is 12.4 Å². The number of hydrogen-bond acceptors (Lipinski definition) is 5. The van der Waals surface area contributed by atoms with Crippen molar-refractivity contribution in [2.45, 2.75) is 29.1 Å². The maximum atomic E-state index is 13.2. The number of methoxy groups -OCH3 is 1. The summed E-state index contributed by atoms with van der Waals surface area (Å²) >= 11 is 1.37. The van der Waals surface area contributed by atoms with Gasteiger partial charge >= 0.3 is 0 Å². The zero-order chi connectivity index (χ0) is 19.9. The van der Waals surface area contributed by atoms with Crippen LogP contribution in [-0.4, -0.2) is 21.4 Å². The lowest BCUT2D eigenvalue weighted by atomic mass is 9.91. The highest BCUT2D eigenvalue weighted by Gasteiger charge is 2.34. The summed E-state index contributed by atoms with van der Waals surface area (Å²) in [6, 6.07) is 14.3. The molecule has 0 aliphatic carbocycles. The van der Waals surface area contributed by atoms with E-state index in [0.29, 0.717) is 5.69 Å². The fourth-order valence-corrected chi connectivity index (χ4v) is 6.43. The maximum Gasteiger partial charge on any atom is 0.225 e. The van der Waals surface area contributed by atoms with Gasteiger partial charge in [0.15, 0.2) is 0 Å². The first kappa shape index (κ1) is 18.7. The number of amides is 1. The molecule has 4 rings (SSSR count). The van der Waals surface area contributed by atoms with E-state index in [1.54, 1.807) is 30.7 Å². The number of hydrogen-bond donors (Lipinski definition) is 1. The summed E-state index contributed by atoms with van der Waals surface area (Å²) in [6.45, 7) is 1.85. The zero-order valence-electron chi connectivity index (χ0n) is 15.4. The molecule has 1 aromatic heterocycles. The van der Waals surface area contributed by atoms with Crippen LogP contribution in [0.5, 0.6) is 5.75 Å². The number of nitrogens with one attached hydrogen (secondary N) is 1. The number of rotatable bonds is 4. The van der Waals surface area contributed by atoms with Crippen LogP contribution >= 0.6 is 11.3 Å². The number of benzene rings is 2. The first-order chi connectivity index (χ1) is 13.4. The van der Waals surface area contributed by atoms with Crippen LogP contribution in [0.25, 0.3) is 0 Å². The van der Waals surface area contributed by atoms with E-state index >= 15 is 0 Å². The van der Waals surface area contributed by atoms with Crippen LogP contribution in [0.3, 0.4) is 0 Å². The highest BCUT2D eigenvalue weighted by molar-refractivity contribution is 7.91. The molecule has 1 amide bonds. The van der Waals surface area contributed by atoms with Gasteiger partial charge in [0.1, 0.15) is 10.6 Å². The molecule has 1 unspecified atom stereocenters. The predicted octanol–water partition coefficient (Wildman–Crippen LogP) is 4.37. The third-order valence-electron chi connectivity index (χ3n) is 4.86. The number of carbonyl (C=O) groups excluding carboxylic acids is 1. The second-order valence-electron chi connectivity index (χ2n) is 6.74. The molecule has 0 fully saturated rings. The van der Waals surface area contributed by atoms with Crippen LogP contribution in [0.2, 0.25) is 0 Å². The number of fused-ring (bicyclic) bond motifs is 1. The molecule has 28 heavy (non-hydrogen) atoms. The van der Waals surface area contributed by atoms with E-state index in [0.717, 1.165) is 21.8 Å². The molecule has 1 aliphatic heterocycles. The highest BCUT2D eigenvalue weighted by Crippen LogP contribution is 2.46. The lowest BCUT2D eigenvalue weighted by molar-refractivity contribution is -0.116. The van der Waals surface area contributed by atoms with Crippen molar-refractivity contribution in [3.05, 3.63) is 69.9 Å². The Kier molecular flexibility index (Phi) is 4.72. The molecule has 1 atom stereocenters. The van der Waals surface area contributed by atoms with Gasteiger partial charge in [0.05, 0.1) is 17.7 Å². The Morgan fingerprint density at radius 1 is 1.14 bits per heavy atom. The van der Waals surface area contributed by atoms with Gasteiger partial charge in [-0.3, -0.25) is 4.79 Å². The summed E-state index contributed by atoms with van der Waals surface area (Å²) < 4.78 is 31.6. The van der Waals surface area contributed by atoms with Gasteiger partial charge in [0.25, 0.3) is 0 Å². The minimum absolute atomic E-state index is 0.157. The predicted molar refractivity (Wildman–Crippen MR) is 109 cm³/mol. The fourth-order valence-electron chi connectivity index (χ4n) is 3.42. The Morgan fingerprint density at radius 2 is 1.89 bits per heavy atom. The molecule has 1 aliphatic rings. The number of thiophene rings is 1. The third kappa shape index (κ3) is 3.21. The van der Waals surface area contributed by atoms with Crippen molar-refractivity contribution in [3.8, 4) is 5.75 Å². The van der Waals surface area contributed by atoms with Crippen molar-refractivity contribution < 1.29 is 17.9 Å². The maximum absolute atomic E-state index is 13.2. The molecule has 0 radical (unpaired) electrons. The molecule has 144 valence electrons. The number of ether oxygens (including phenoxy) is 1. The first-order valence-corrected chi connectivity index (χ1v) is 11.1. The van der Waals surface area contributed by atoms with Crippen LogP contribution < -0.4 is 10.1 Å². The molecule has 5 nitrogen and oxygen atoms in total. The summed E-state index contributed by atoms with van der Waals surface area (Å²) in [5, 5.41) is 4.42. The van der Waals surface area contributed by atoms with Gasteiger partial charge in [-0.25, -0.2) is 8.42 Å². The Hall–Kier alpha value is -2.64. The molecule has 2 aromatic carbocycles. The molecule has 0 bridgehead atoms. The second-order valence-corrected chi connectivity index (χ2v) is 9.57. The average molecular weight is 414 g/mol. The van der Waals surface area contributed by atoms with E-state index in [-0.39, 0.29) is 28.0 Å². The summed E-state index contributed by atoms with van der Waals surface area (Å²) in [5.74, 6) is 0.367. The monoisotopic (exact) mass is 413 g/mol. The van der Waals surface area contributed by atoms with Crippen molar-refractivity contribution in [1.82, 2.24) is 0 Å². The van der Waals surface area contributed by atoms with E-state index in [9.17, 15) is 13.2 Å². The Balaban J connectivity index is 1.80. The summed E-state index contributed by atoms with van der Waals surface area (Å²) in [6.07, 6.45) is 0.282. The van der Waals surface area contributed by atoms with Crippen molar-refractivity contribution in [2.24, 2.45) is 0 Å². The van der Waals surface area contributed by atoms with E-state index in [1.807, 2.05) is 37.3 Å². The van der Waals surface area contributed by atoms with E-state index < -0.39 is 9.84 Å². The van der Waals surface area contributed by atoms with Crippen LogP contribution in [0.15, 0.2) is 63.7 Å². The molecular weight excluding hydrogens is 394 g/mol. The number of aryl methyl sites for hydroxylation is 1. The Labute approximate surface area is 167 Å². The van der Waals surface area contributed by atoms with Crippen LogP contribution in [0.1, 0.15) is 28.3 Å². The topological polar surface area (TPSA) is 72.5 Å². The molecule has 2 heterocycles. The molecule has 0 saturated carbocycles. The highest BCUT2D eigenvalue weighted by atomic mass is 32.2. The van der Waals surface area contributed by atoms with Gasteiger partial charge in [-0.2, -0.15) is 0 Å². The summed E-state index contributed by atoms with van der Waals surface area (Å²) in [5.41, 5.74) is 2.23. The van der Waals surface area contributed by atoms with Crippen LogP contribution in [0, 0.1) is 6.92 Å². The molecule has 3 aromatic rings. The smallest absolute Gasteiger partial charge is 0.225 e. The van der Waals surface area contributed by atoms with E-state index in [1.165, 1.54) is 11.3 Å². The van der Waals surface area contributed by atoms with Gasteiger partial charge in [0.2, 0.25) is 15.7 Å². The molecule has 1 N–H and O–H groups in total. The lowest BCUT2D eigenvalue weighted by Crippen LogP contribution is -2.23. The Bertz CT molecular complexity index is 1150. The number of sulfone groups is 1. The van der Waals surface area contributed by atoms with Gasteiger partial charge in [0, 0.05) is 22.6 Å². The van der Waals surface area contributed by atoms with Crippen molar-refractivity contribution in [1.29, 1.82) is 0 Å². The fraction of sp³-hybridized carbons (Fsp3) is 0.190. The average Bonchev–Trinajstić information content (AvgIpc) is 3.12. The van der Waals surface area contributed by atoms with Crippen LogP contribution in [-0.2, 0) is 14.6 Å². The van der Waals surface area contributed by atoms with Crippen molar-refractivity contribution in [3.63, 3.8) is 0 Å². The standard InChI is InChI=1S/C21H19NO4S2/c1-13-4-3-5-16(10-13)28(24,25)18-12-27-21-17(11-19(23)22-20(18)21)14-6-8-15(26-2)9-7-14/h3-10,12,17H,11H2,1-2H3,(H,22,23). The van der Waals surface area contributed by atoms with Gasteiger partial charge < -0.3 is 10.1 Å². The minimum atomic E-state index is -3.72. The number of carbonyl (C=O) groups is 1. The molecule has 0 saturated heterocycles. The number of anilines is 1. The quantitative estimate of drug-likeness (QED) is 0.689. The van der Waals surface area contributed by atoms with Crippen LogP contribution in [0.4, 0.5) is 5.69 Å². The second kappa shape index (κ2) is 7.07. The van der Waals surface area contributed by atoms with Gasteiger partial charge in [-0.05, 0) is 42.3 Å². The SMILES string of the molecule is COc1ccc(C2CC(=O)Nc3c(S(=O)(=O)c4cccc(C)c4)csc32)cc1. The minimum Gasteiger partial charge on any atom is -0.497 e. The summed E-state index contributed by atoms with van der Waals surface area (Å²) in [4.78, 5) is 13.6. The van der Waals surface area contributed by atoms with E-state index in [2.05, 4.69) is 5.32 Å². The van der Waals surface area contributed by atoms with Gasteiger partial charge in [-0.15, -0.1) is 11.3 Å². The van der Waals surface area contributed by atoms with Gasteiger partial charge in [-0.1, -0.05) is 24.3 Å². The lowest BCUT2D eigenvalue weighted by Gasteiger charge is -2.24. The summed E-state index contributed by atoms with van der Waals surface area (Å²) in [7, 11) is -2.12. The molecule has 0 spiro atoms. The molecule has 7 heteroatoms.